The van der Waals surface area contributed by atoms with Gasteiger partial charge in [0.25, 0.3) is 0 Å². The van der Waals surface area contributed by atoms with Gasteiger partial charge in [0.1, 0.15) is 0 Å². The number of fused-ring (bicyclic) bond motifs is 5. The first-order valence-corrected chi connectivity index (χ1v) is 12.7. The minimum absolute atomic E-state index is 0.445. The molecule has 1 saturated heterocycles. The highest BCUT2D eigenvalue weighted by Gasteiger charge is 2.21. The number of anilines is 2. The van der Waals surface area contributed by atoms with Gasteiger partial charge in [-0.05, 0) is 50.4 Å². The van der Waals surface area contributed by atoms with Gasteiger partial charge < -0.3 is 20.4 Å². The molecule has 0 saturated carbocycles. The van der Waals surface area contributed by atoms with Crippen LogP contribution >= 0.6 is 11.3 Å². The monoisotopic (exact) mass is 471 g/mol. The van der Waals surface area contributed by atoms with Gasteiger partial charge in [-0.2, -0.15) is 0 Å². The van der Waals surface area contributed by atoms with E-state index in [2.05, 4.69) is 65.2 Å². The quantitative estimate of drug-likeness (QED) is 0.464. The Morgan fingerprint density at radius 2 is 1.91 bits per heavy atom. The summed E-state index contributed by atoms with van der Waals surface area (Å²) in [5.41, 5.74) is 4.76. The van der Waals surface area contributed by atoms with Gasteiger partial charge in [0.15, 0.2) is 0 Å². The van der Waals surface area contributed by atoms with E-state index in [4.69, 9.17) is 15.0 Å². The average molecular weight is 472 g/mol. The van der Waals surface area contributed by atoms with Gasteiger partial charge >= 0.3 is 0 Å². The molecule has 174 valence electrons. The van der Waals surface area contributed by atoms with E-state index in [-0.39, 0.29) is 0 Å². The molecule has 4 aromatic rings. The molecule has 0 bridgehead atoms. The highest BCUT2D eigenvalue weighted by atomic mass is 32.1. The Morgan fingerprint density at radius 3 is 2.74 bits per heavy atom. The van der Waals surface area contributed by atoms with E-state index in [9.17, 15) is 0 Å². The lowest BCUT2D eigenvalue weighted by Crippen LogP contribution is -2.45. The fraction of sp³-hybridized carbons (Fsp3) is 0.346. The first kappa shape index (κ1) is 21.5. The van der Waals surface area contributed by atoms with Crippen LogP contribution < -0.4 is 15.5 Å². The van der Waals surface area contributed by atoms with Crippen LogP contribution in [0.5, 0.6) is 0 Å². The van der Waals surface area contributed by atoms with Crippen molar-refractivity contribution < 1.29 is 0 Å². The Balaban J connectivity index is 1.43. The summed E-state index contributed by atoms with van der Waals surface area (Å²) < 4.78 is 1.30. The third kappa shape index (κ3) is 3.81. The van der Waals surface area contributed by atoms with Crippen LogP contribution in [0.3, 0.4) is 0 Å². The van der Waals surface area contributed by atoms with Crippen LogP contribution in [0.1, 0.15) is 17.5 Å². The molecular weight excluding hydrogens is 442 g/mol. The second-order valence-corrected chi connectivity index (χ2v) is 10.4. The molecule has 1 atom stereocenters. The normalized spacial score (nSPS) is 19.1. The molecule has 5 heterocycles. The van der Waals surface area contributed by atoms with Gasteiger partial charge in [-0.1, -0.05) is 6.58 Å². The lowest BCUT2D eigenvalue weighted by Gasteiger charge is -2.32. The number of aromatic nitrogens is 3. The molecule has 34 heavy (non-hydrogen) atoms. The number of hydrogen-bond donors (Lipinski definition) is 2. The Labute approximate surface area is 203 Å². The zero-order chi connectivity index (χ0) is 23.2. The first-order chi connectivity index (χ1) is 16.6. The van der Waals surface area contributed by atoms with Crippen molar-refractivity contribution in [2.24, 2.45) is 0 Å². The first-order valence-electron chi connectivity index (χ1n) is 11.9. The zero-order valence-corrected chi connectivity index (χ0v) is 20.5. The number of thiophene rings is 1. The highest BCUT2D eigenvalue weighted by molar-refractivity contribution is 7.20. The fourth-order valence-corrected chi connectivity index (χ4v) is 5.88. The molecule has 1 aromatic carbocycles. The van der Waals surface area contributed by atoms with Crippen molar-refractivity contribution in [1.82, 2.24) is 25.2 Å². The summed E-state index contributed by atoms with van der Waals surface area (Å²) in [5, 5.41) is 9.72. The molecule has 0 aliphatic carbocycles. The molecule has 6 rings (SSSR count). The predicted octanol–water partition coefficient (Wildman–Crippen LogP) is 4.20. The molecule has 0 radical (unpaired) electrons. The maximum atomic E-state index is 5.05. The standard InChI is InChI=1S/C26H29N7S/c1-4-17-13-21(31-26(29-17)33-11-9-32(3)10-12-33)20-6-5-18-19(30-20)7-8-22-24(18)25-23(34-22)15-27-16(2)14-28-25/h4-8,13,16,27-28H,1,9-12,14-15H2,2-3H3/t16-/m1/s1. The molecule has 2 N–H and O–H groups in total. The van der Waals surface area contributed by atoms with E-state index in [1.165, 1.54) is 26.0 Å². The molecular formula is C26H29N7S. The second kappa shape index (κ2) is 8.61. The van der Waals surface area contributed by atoms with Gasteiger partial charge in [-0.3, -0.25) is 0 Å². The summed E-state index contributed by atoms with van der Waals surface area (Å²) >= 11 is 1.86. The Hall–Kier alpha value is -3.07. The van der Waals surface area contributed by atoms with Crippen molar-refractivity contribution in [3.05, 3.63) is 47.5 Å². The van der Waals surface area contributed by atoms with Crippen LogP contribution in [0, 0.1) is 0 Å². The van der Waals surface area contributed by atoms with Gasteiger partial charge in [0, 0.05) is 65.7 Å². The minimum Gasteiger partial charge on any atom is -0.382 e. The van der Waals surface area contributed by atoms with Crippen molar-refractivity contribution in [2.75, 3.05) is 50.0 Å². The van der Waals surface area contributed by atoms with Crippen LogP contribution in [-0.2, 0) is 6.54 Å². The number of nitrogens with zero attached hydrogens (tertiary/aromatic N) is 5. The number of nitrogens with one attached hydrogen (secondary N) is 2. The maximum absolute atomic E-state index is 5.05. The maximum Gasteiger partial charge on any atom is 0.226 e. The van der Waals surface area contributed by atoms with E-state index in [0.717, 1.165) is 67.8 Å². The number of hydrogen-bond acceptors (Lipinski definition) is 8. The van der Waals surface area contributed by atoms with E-state index in [1.54, 1.807) is 6.08 Å². The lowest BCUT2D eigenvalue weighted by atomic mass is 10.1. The van der Waals surface area contributed by atoms with E-state index in [0.29, 0.717) is 6.04 Å². The number of rotatable bonds is 3. The minimum atomic E-state index is 0.445. The number of benzene rings is 1. The third-order valence-corrected chi connectivity index (χ3v) is 7.94. The van der Waals surface area contributed by atoms with Crippen LogP contribution in [0.2, 0.25) is 0 Å². The summed E-state index contributed by atoms with van der Waals surface area (Å²) in [6, 6.07) is 11.0. The van der Waals surface area contributed by atoms with Gasteiger partial charge in [-0.15, -0.1) is 11.3 Å². The van der Waals surface area contributed by atoms with Crippen LogP contribution in [0.15, 0.2) is 36.9 Å². The van der Waals surface area contributed by atoms with E-state index >= 15 is 0 Å². The van der Waals surface area contributed by atoms with E-state index < -0.39 is 0 Å². The molecule has 2 aliphatic heterocycles. The van der Waals surface area contributed by atoms with E-state index in [1.807, 2.05) is 17.4 Å². The summed E-state index contributed by atoms with van der Waals surface area (Å²) in [6.07, 6.45) is 1.79. The molecule has 2 aliphatic rings. The summed E-state index contributed by atoms with van der Waals surface area (Å²) in [7, 11) is 2.15. The molecule has 0 unspecified atom stereocenters. The topological polar surface area (TPSA) is 69.2 Å². The second-order valence-electron chi connectivity index (χ2n) is 9.24. The average Bonchev–Trinajstić information content (AvgIpc) is 3.13. The van der Waals surface area contributed by atoms with Gasteiger partial charge in [0.2, 0.25) is 5.95 Å². The number of pyridine rings is 1. The molecule has 3 aromatic heterocycles. The van der Waals surface area contributed by atoms with Crippen molar-refractivity contribution >= 4 is 50.0 Å². The van der Waals surface area contributed by atoms with Crippen molar-refractivity contribution in [3.8, 4) is 11.4 Å². The zero-order valence-electron chi connectivity index (χ0n) is 19.6. The fourth-order valence-electron chi connectivity index (χ4n) is 4.73. The molecule has 1 fully saturated rings. The Bertz CT molecular complexity index is 1390. The van der Waals surface area contributed by atoms with Crippen LogP contribution in [-0.4, -0.2) is 65.7 Å². The molecule has 0 amide bonds. The predicted molar refractivity (Wildman–Crippen MR) is 143 cm³/mol. The van der Waals surface area contributed by atoms with Crippen LogP contribution in [0.4, 0.5) is 11.6 Å². The van der Waals surface area contributed by atoms with Gasteiger partial charge in [0.05, 0.1) is 28.3 Å². The molecule has 8 heteroatoms. The smallest absolute Gasteiger partial charge is 0.226 e. The Morgan fingerprint density at radius 1 is 1.06 bits per heavy atom. The van der Waals surface area contributed by atoms with Crippen molar-refractivity contribution in [2.45, 2.75) is 19.5 Å². The highest BCUT2D eigenvalue weighted by Crippen LogP contribution is 2.41. The summed E-state index contributed by atoms with van der Waals surface area (Å²) in [4.78, 5) is 20.6. The van der Waals surface area contributed by atoms with Gasteiger partial charge in [-0.25, -0.2) is 15.0 Å². The molecule has 7 nitrogen and oxygen atoms in total. The lowest BCUT2D eigenvalue weighted by molar-refractivity contribution is 0.311. The largest absolute Gasteiger partial charge is 0.382 e. The summed E-state index contributed by atoms with van der Waals surface area (Å²) in [6.45, 7) is 11.8. The SMILES string of the molecule is C=Cc1cc(-c2ccc3c(ccc4sc5c(c43)NC[C@@H](C)NC5)n2)nc(N2CCN(C)CC2)n1. The number of piperazine rings is 1. The third-order valence-electron chi connectivity index (χ3n) is 6.78. The summed E-state index contributed by atoms with van der Waals surface area (Å²) in [5.74, 6) is 0.756. The molecule has 0 spiro atoms. The van der Waals surface area contributed by atoms with Crippen molar-refractivity contribution in [3.63, 3.8) is 0 Å². The Kier molecular flexibility index (Phi) is 5.44. The van der Waals surface area contributed by atoms with Crippen molar-refractivity contribution in [1.29, 1.82) is 0 Å². The number of likely N-dealkylation sites (N-methyl/N-ethyl adjacent to an activating group) is 1. The van der Waals surface area contributed by atoms with Crippen LogP contribution in [0.25, 0.3) is 38.5 Å².